The van der Waals surface area contributed by atoms with Gasteiger partial charge >= 0.3 is 5.97 Å². The molecule has 1 heterocycles. The van der Waals surface area contributed by atoms with Crippen LogP contribution in [0.2, 0.25) is 0 Å². The summed E-state index contributed by atoms with van der Waals surface area (Å²) in [6.07, 6.45) is 0.532. The van der Waals surface area contributed by atoms with Crippen LogP contribution in [0, 0.1) is 0 Å². The number of esters is 1. The molecule has 0 spiro atoms. The van der Waals surface area contributed by atoms with E-state index in [-0.39, 0.29) is 29.4 Å². The molecule has 1 aliphatic rings. The van der Waals surface area contributed by atoms with Gasteiger partial charge in [0.1, 0.15) is 15.9 Å². The molecule has 0 aliphatic carbocycles. The lowest BCUT2D eigenvalue weighted by molar-refractivity contribution is -0.159. The number of thioether (sulfide) groups is 1. The Balaban J connectivity index is 2.11. The minimum absolute atomic E-state index is 0.0642. The van der Waals surface area contributed by atoms with Gasteiger partial charge in [-0.1, -0.05) is 87.5 Å². The summed E-state index contributed by atoms with van der Waals surface area (Å²) in [5.41, 5.74) is -0.0777. The number of carbonyl (C=O) groups is 1. The highest BCUT2D eigenvalue weighted by Gasteiger charge is 2.53. The van der Waals surface area contributed by atoms with Crippen molar-refractivity contribution in [3.05, 3.63) is 76.4 Å². The van der Waals surface area contributed by atoms with E-state index in [4.69, 9.17) is 9.88 Å². The summed E-state index contributed by atoms with van der Waals surface area (Å²) in [5, 5.41) is 15.4. The maximum absolute atomic E-state index is 13.2. The Morgan fingerprint density at radius 2 is 1.75 bits per heavy atom. The monoisotopic (exact) mass is 475 g/mol. The zero-order valence-corrected chi connectivity index (χ0v) is 20.1. The minimum atomic E-state index is -4.09. The number of primary sulfonamides is 1. The topological polar surface area (TPSA) is 107 Å². The molecule has 3 rings (SSSR count). The van der Waals surface area contributed by atoms with Gasteiger partial charge in [-0.3, -0.25) is 0 Å². The van der Waals surface area contributed by atoms with Crippen molar-refractivity contribution < 1.29 is 23.1 Å². The summed E-state index contributed by atoms with van der Waals surface area (Å²) < 4.78 is 31.1. The summed E-state index contributed by atoms with van der Waals surface area (Å²) in [5.74, 6) is -0.731. The van der Waals surface area contributed by atoms with Crippen LogP contribution in [0.4, 0.5) is 0 Å². The van der Waals surface area contributed by atoms with Gasteiger partial charge in [-0.2, -0.15) is 0 Å². The first kappa shape index (κ1) is 24.4. The van der Waals surface area contributed by atoms with Gasteiger partial charge in [0.2, 0.25) is 10.0 Å². The lowest BCUT2D eigenvalue weighted by Crippen LogP contribution is -2.52. The van der Waals surface area contributed by atoms with Crippen LogP contribution in [0.15, 0.2) is 70.2 Å². The summed E-state index contributed by atoms with van der Waals surface area (Å²) in [7, 11) is -4.09. The number of benzene rings is 2. The molecule has 6 nitrogen and oxygen atoms in total. The molecule has 2 unspecified atom stereocenters. The number of rotatable bonds is 8. The van der Waals surface area contributed by atoms with E-state index in [2.05, 4.69) is 13.8 Å². The largest absolute Gasteiger partial charge is 0.511 e. The molecule has 0 aromatic heterocycles. The van der Waals surface area contributed by atoms with Crippen molar-refractivity contribution in [2.24, 2.45) is 5.14 Å². The molecular weight excluding hydrogens is 446 g/mol. The van der Waals surface area contributed by atoms with Crippen LogP contribution in [0.1, 0.15) is 57.1 Å². The smallest absolute Gasteiger partial charge is 0.349 e. The van der Waals surface area contributed by atoms with Crippen molar-refractivity contribution >= 4 is 27.8 Å². The second kappa shape index (κ2) is 9.68. The molecule has 2 atom stereocenters. The number of aliphatic hydroxyl groups excluding tert-OH is 1. The molecule has 32 heavy (non-hydrogen) atoms. The average molecular weight is 476 g/mol. The van der Waals surface area contributed by atoms with Gasteiger partial charge in [-0.25, -0.2) is 18.4 Å². The summed E-state index contributed by atoms with van der Waals surface area (Å²) in [6, 6.07) is 16.3. The van der Waals surface area contributed by atoms with E-state index in [9.17, 15) is 18.3 Å². The molecule has 1 aliphatic heterocycles. The third-order valence-corrected chi connectivity index (χ3v) is 8.24. The van der Waals surface area contributed by atoms with E-state index in [0.717, 1.165) is 22.2 Å². The van der Waals surface area contributed by atoms with E-state index < -0.39 is 26.8 Å². The average Bonchev–Trinajstić information content (AvgIpc) is 2.74. The standard InChI is InChI=1S/C24H29NO5S2/c1-4-10-21(32(25,28)29)24(17-11-6-5-7-12-17)15-19(26)22(23(27)30-24)31-20-14-9-8-13-18(20)16(2)3/h5-9,11-14,16,21,26H,4,10,15H2,1-3H3,(H2,25,28,29). The highest BCUT2D eigenvalue weighted by Crippen LogP contribution is 2.47. The van der Waals surface area contributed by atoms with E-state index in [1.165, 1.54) is 0 Å². The second-order valence-corrected chi connectivity index (χ2v) is 11.1. The van der Waals surface area contributed by atoms with Crippen LogP contribution >= 0.6 is 11.8 Å². The molecule has 0 saturated heterocycles. The Kier molecular flexibility index (Phi) is 7.37. The van der Waals surface area contributed by atoms with E-state index in [1.807, 2.05) is 31.2 Å². The summed E-state index contributed by atoms with van der Waals surface area (Å²) >= 11 is 1.14. The molecule has 2 aromatic carbocycles. The van der Waals surface area contributed by atoms with Crippen molar-refractivity contribution in [2.75, 3.05) is 0 Å². The van der Waals surface area contributed by atoms with Gasteiger partial charge in [-0.15, -0.1) is 0 Å². The third kappa shape index (κ3) is 4.87. The first-order valence-electron chi connectivity index (χ1n) is 10.6. The van der Waals surface area contributed by atoms with Crippen LogP contribution in [0.25, 0.3) is 0 Å². The lowest BCUT2D eigenvalue weighted by Gasteiger charge is -2.41. The molecule has 0 fully saturated rings. The number of sulfonamides is 1. The predicted octanol–water partition coefficient (Wildman–Crippen LogP) is 4.97. The van der Waals surface area contributed by atoms with Crippen LogP contribution in [0.5, 0.6) is 0 Å². The first-order chi connectivity index (χ1) is 15.1. The third-order valence-electron chi connectivity index (χ3n) is 5.64. The number of nitrogens with two attached hydrogens (primary N) is 1. The molecule has 0 amide bonds. The SMILES string of the molecule is CCCC(C1(c2ccccc2)CC(O)=C(Sc2ccccc2C(C)C)C(=O)O1)S(N)(=O)=O. The lowest BCUT2D eigenvalue weighted by atomic mass is 9.83. The van der Waals surface area contributed by atoms with Crippen molar-refractivity contribution in [3.8, 4) is 0 Å². The zero-order chi connectivity index (χ0) is 23.5. The molecule has 172 valence electrons. The van der Waals surface area contributed by atoms with Gasteiger partial charge in [0.25, 0.3) is 0 Å². The maximum Gasteiger partial charge on any atom is 0.349 e. The minimum Gasteiger partial charge on any atom is -0.511 e. The molecule has 2 aromatic rings. The second-order valence-electron chi connectivity index (χ2n) is 8.26. The van der Waals surface area contributed by atoms with Crippen molar-refractivity contribution in [1.29, 1.82) is 0 Å². The Hall–Kier alpha value is -2.29. The molecule has 8 heteroatoms. The van der Waals surface area contributed by atoms with Gasteiger partial charge in [0.05, 0.1) is 6.42 Å². The van der Waals surface area contributed by atoms with Crippen LogP contribution in [-0.2, 0) is 25.2 Å². The number of hydrogen-bond acceptors (Lipinski definition) is 6. The van der Waals surface area contributed by atoms with Crippen molar-refractivity contribution in [2.45, 2.75) is 61.7 Å². The van der Waals surface area contributed by atoms with E-state index in [0.29, 0.717) is 12.0 Å². The number of ether oxygens (including phenoxy) is 1. The fraction of sp³-hybridized carbons (Fsp3) is 0.375. The van der Waals surface area contributed by atoms with Crippen LogP contribution in [0.3, 0.4) is 0 Å². The summed E-state index contributed by atoms with van der Waals surface area (Å²) in [4.78, 5) is 14.1. The molecule has 0 saturated carbocycles. The van der Waals surface area contributed by atoms with Crippen molar-refractivity contribution in [1.82, 2.24) is 0 Å². The van der Waals surface area contributed by atoms with Crippen molar-refractivity contribution in [3.63, 3.8) is 0 Å². The Morgan fingerprint density at radius 3 is 2.31 bits per heavy atom. The highest BCUT2D eigenvalue weighted by molar-refractivity contribution is 8.04. The highest BCUT2D eigenvalue weighted by atomic mass is 32.2. The Morgan fingerprint density at radius 1 is 1.12 bits per heavy atom. The van der Waals surface area contributed by atoms with Crippen LogP contribution < -0.4 is 5.14 Å². The van der Waals surface area contributed by atoms with Gasteiger partial charge in [0, 0.05) is 4.90 Å². The first-order valence-corrected chi connectivity index (χ1v) is 13.0. The Bertz CT molecular complexity index is 1110. The predicted molar refractivity (Wildman–Crippen MR) is 127 cm³/mol. The molecule has 0 radical (unpaired) electrons. The molecular formula is C24H29NO5S2. The molecule has 3 N–H and O–H groups in total. The number of hydrogen-bond donors (Lipinski definition) is 2. The Labute approximate surface area is 193 Å². The van der Waals surface area contributed by atoms with Crippen LogP contribution in [-0.4, -0.2) is 24.7 Å². The fourth-order valence-electron chi connectivity index (χ4n) is 4.13. The zero-order valence-electron chi connectivity index (χ0n) is 18.4. The fourth-order valence-corrected chi connectivity index (χ4v) is 6.59. The van der Waals surface area contributed by atoms with E-state index in [1.54, 1.807) is 30.3 Å². The van der Waals surface area contributed by atoms with Gasteiger partial charge in [-0.05, 0) is 29.5 Å². The summed E-state index contributed by atoms with van der Waals surface area (Å²) in [6.45, 7) is 5.94. The maximum atomic E-state index is 13.2. The number of cyclic esters (lactones) is 1. The molecule has 0 bridgehead atoms. The number of carbonyl (C=O) groups excluding carboxylic acids is 1. The van der Waals surface area contributed by atoms with Gasteiger partial charge in [0.15, 0.2) is 5.60 Å². The number of aliphatic hydroxyl groups is 1. The van der Waals surface area contributed by atoms with E-state index >= 15 is 0 Å². The van der Waals surface area contributed by atoms with Gasteiger partial charge < -0.3 is 9.84 Å². The normalized spacial score (nSPS) is 20.3. The quantitative estimate of drug-likeness (QED) is 0.522.